The summed E-state index contributed by atoms with van der Waals surface area (Å²) in [5.41, 5.74) is 1.44. The van der Waals surface area contributed by atoms with Crippen LogP contribution in [0.1, 0.15) is 31.5 Å². The second-order valence-electron chi connectivity index (χ2n) is 6.49. The number of rotatable bonds is 6. The van der Waals surface area contributed by atoms with Gasteiger partial charge in [-0.25, -0.2) is 4.79 Å². The third-order valence-corrected chi connectivity index (χ3v) is 5.21. The Morgan fingerprint density at radius 2 is 1.81 bits per heavy atom. The minimum Gasteiger partial charge on any atom is -0.478 e. The first-order chi connectivity index (χ1) is 15.5. The van der Waals surface area contributed by atoms with Crippen LogP contribution in [0.3, 0.4) is 0 Å². The molecule has 1 amide bonds. The van der Waals surface area contributed by atoms with Crippen LogP contribution in [-0.2, 0) is 0 Å². The molecule has 0 atom stereocenters. The van der Waals surface area contributed by atoms with Gasteiger partial charge in [-0.1, -0.05) is 41.7 Å². The molecule has 9 heteroatoms. The summed E-state index contributed by atoms with van der Waals surface area (Å²) in [6.07, 6.45) is 1.51. The van der Waals surface area contributed by atoms with Crippen LogP contribution >= 0.6 is 11.3 Å². The summed E-state index contributed by atoms with van der Waals surface area (Å²) in [7, 11) is 0. The molecule has 0 aliphatic carbocycles. The third kappa shape index (κ3) is 4.61. The summed E-state index contributed by atoms with van der Waals surface area (Å²) < 4.78 is 5.75. The van der Waals surface area contributed by atoms with E-state index in [0.29, 0.717) is 27.7 Å². The number of nitrogens with zero attached hydrogens (tertiary/aromatic N) is 3. The average Bonchev–Trinajstić information content (AvgIpc) is 3.48. The molecule has 0 saturated carbocycles. The summed E-state index contributed by atoms with van der Waals surface area (Å²) in [4.78, 5) is 23.4. The number of nitrogens with one attached hydrogen (secondary N) is 1. The molecular formula is C23H14N4O4S. The number of hydrogen-bond donors (Lipinski definition) is 2. The predicted octanol–water partition coefficient (Wildman–Crippen LogP) is 4.81. The number of carbonyl (C=O) groups is 2. The normalized spacial score (nSPS) is 11.0. The molecule has 0 spiro atoms. The molecule has 156 valence electrons. The van der Waals surface area contributed by atoms with Crippen LogP contribution < -0.4 is 5.32 Å². The van der Waals surface area contributed by atoms with Gasteiger partial charge in [0.05, 0.1) is 11.1 Å². The van der Waals surface area contributed by atoms with Crippen molar-refractivity contribution in [3.05, 3.63) is 88.6 Å². The Kier molecular flexibility index (Phi) is 5.87. The van der Waals surface area contributed by atoms with Crippen LogP contribution in [0.25, 0.3) is 23.0 Å². The van der Waals surface area contributed by atoms with Gasteiger partial charge in [0, 0.05) is 17.2 Å². The number of carboxylic acid groups (broad SMARTS) is 1. The van der Waals surface area contributed by atoms with Gasteiger partial charge in [-0.15, -0.1) is 10.2 Å². The SMILES string of the molecule is N#C/C(=C\c1ccc(-c2cccc(C(=O)O)c2)o1)c1nnc(NC(=O)c2ccccc2)s1. The molecule has 0 unspecified atom stereocenters. The standard InChI is InChI=1S/C23H14N4O4S/c24-13-17(21-26-27-23(32-21)25-20(28)14-5-2-1-3-6-14)12-18-9-10-19(31-18)15-7-4-8-16(11-15)22(29)30/h1-12H,(H,29,30)(H,25,27,28)/b17-12+. The first-order valence-corrected chi connectivity index (χ1v) is 10.1. The van der Waals surface area contributed by atoms with Gasteiger partial charge in [-0.2, -0.15) is 5.26 Å². The van der Waals surface area contributed by atoms with E-state index in [-0.39, 0.29) is 22.2 Å². The molecule has 0 aliphatic rings. The van der Waals surface area contributed by atoms with E-state index in [2.05, 4.69) is 21.6 Å². The molecule has 32 heavy (non-hydrogen) atoms. The van der Waals surface area contributed by atoms with Gasteiger partial charge in [-0.3, -0.25) is 10.1 Å². The van der Waals surface area contributed by atoms with Crippen molar-refractivity contribution >= 4 is 40.0 Å². The zero-order chi connectivity index (χ0) is 22.5. The highest BCUT2D eigenvalue weighted by molar-refractivity contribution is 7.16. The van der Waals surface area contributed by atoms with Crippen molar-refractivity contribution < 1.29 is 19.1 Å². The van der Waals surface area contributed by atoms with E-state index in [1.165, 1.54) is 18.2 Å². The zero-order valence-electron chi connectivity index (χ0n) is 16.4. The molecule has 4 rings (SSSR count). The monoisotopic (exact) mass is 442 g/mol. The second kappa shape index (κ2) is 9.07. The third-order valence-electron chi connectivity index (χ3n) is 4.34. The molecule has 0 aliphatic heterocycles. The van der Waals surface area contributed by atoms with Crippen LogP contribution in [0, 0.1) is 11.3 Å². The molecule has 0 fully saturated rings. The predicted molar refractivity (Wildman–Crippen MR) is 119 cm³/mol. The topological polar surface area (TPSA) is 129 Å². The van der Waals surface area contributed by atoms with Crippen LogP contribution in [0.5, 0.6) is 0 Å². The maximum atomic E-state index is 12.3. The highest BCUT2D eigenvalue weighted by atomic mass is 32.1. The maximum Gasteiger partial charge on any atom is 0.335 e. The van der Waals surface area contributed by atoms with Crippen LogP contribution in [0.2, 0.25) is 0 Å². The van der Waals surface area contributed by atoms with Crippen molar-refractivity contribution in [2.24, 2.45) is 0 Å². The second-order valence-corrected chi connectivity index (χ2v) is 7.47. The summed E-state index contributed by atoms with van der Waals surface area (Å²) in [6.45, 7) is 0. The molecule has 0 radical (unpaired) electrons. The van der Waals surface area contributed by atoms with Crippen molar-refractivity contribution in [1.29, 1.82) is 5.26 Å². The van der Waals surface area contributed by atoms with Crippen LogP contribution in [-0.4, -0.2) is 27.2 Å². The van der Waals surface area contributed by atoms with E-state index in [4.69, 9.17) is 9.52 Å². The molecular weight excluding hydrogens is 428 g/mol. The Morgan fingerprint density at radius 1 is 1.03 bits per heavy atom. The molecule has 8 nitrogen and oxygen atoms in total. The number of amides is 1. The summed E-state index contributed by atoms with van der Waals surface area (Å²) in [5.74, 6) is -0.501. The fraction of sp³-hybridized carbons (Fsp3) is 0. The Labute approximate surface area is 186 Å². The highest BCUT2D eigenvalue weighted by Gasteiger charge is 2.14. The Balaban J connectivity index is 1.53. The maximum absolute atomic E-state index is 12.3. The number of carbonyl (C=O) groups excluding carboxylic acids is 1. The first kappa shape index (κ1) is 20.7. The van der Waals surface area contributed by atoms with Crippen LogP contribution in [0.4, 0.5) is 5.13 Å². The van der Waals surface area contributed by atoms with Crippen LogP contribution in [0.15, 0.2) is 71.1 Å². The minimum atomic E-state index is -1.03. The number of anilines is 1. The number of hydrogen-bond acceptors (Lipinski definition) is 7. The van der Waals surface area contributed by atoms with Gasteiger partial charge in [0.1, 0.15) is 17.6 Å². The van der Waals surface area contributed by atoms with Gasteiger partial charge >= 0.3 is 5.97 Å². The van der Waals surface area contributed by atoms with Crippen molar-refractivity contribution in [1.82, 2.24) is 10.2 Å². The van der Waals surface area contributed by atoms with E-state index in [0.717, 1.165) is 11.3 Å². The molecule has 2 aromatic carbocycles. The highest BCUT2D eigenvalue weighted by Crippen LogP contribution is 2.28. The van der Waals surface area contributed by atoms with E-state index < -0.39 is 5.97 Å². The first-order valence-electron chi connectivity index (χ1n) is 9.29. The van der Waals surface area contributed by atoms with E-state index in [9.17, 15) is 14.9 Å². The summed E-state index contributed by atoms with van der Waals surface area (Å²) in [5, 5.41) is 29.9. The van der Waals surface area contributed by atoms with E-state index in [1.807, 2.05) is 6.07 Å². The fourth-order valence-electron chi connectivity index (χ4n) is 2.82. The van der Waals surface area contributed by atoms with E-state index in [1.54, 1.807) is 48.5 Å². The quantitative estimate of drug-likeness (QED) is 0.410. The number of nitriles is 1. The lowest BCUT2D eigenvalue weighted by Crippen LogP contribution is -2.11. The Morgan fingerprint density at radius 3 is 2.56 bits per heavy atom. The van der Waals surface area contributed by atoms with Gasteiger partial charge in [0.2, 0.25) is 5.13 Å². The lowest BCUT2D eigenvalue weighted by Gasteiger charge is -1.99. The Bertz CT molecular complexity index is 1370. The number of furan rings is 1. The number of benzene rings is 2. The lowest BCUT2D eigenvalue weighted by atomic mass is 10.1. The largest absolute Gasteiger partial charge is 0.478 e. The number of carboxylic acids is 1. The smallest absolute Gasteiger partial charge is 0.335 e. The molecule has 2 heterocycles. The zero-order valence-corrected chi connectivity index (χ0v) is 17.2. The lowest BCUT2D eigenvalue weighted by molar-refractivity contribution is 0.0696. The average molecular weight is 442 g/mol. The summed E-state index contributed by atoms with van der Waals surface area (Å²) >= 11 is 1.06. The fourth-order valence-corrected chi connectivity index (χ4v) is 3.52. The van der Waals surface area contributed by atoms with Crippen molar-refractivity contribution in [2.75, 3.05) is 5.32 Å². The van der Waals surface area contributed by atoms with Crippen molar-refractivity contribution in [3.63, 3.8) is 0 Å². The number of aromatic nitrogens is 2. The number of aromatic carboxylic acids is 1. The van der Waals surface area contributed by atoms with Gasteiger partial charge in [0.15, 0.2) is 5.01 Å². The Hall–Kier alpha value is -4.55. The van der Waals surface area contributed by atoms with E-state index >= 15 is 0 Å². The molecule has 0 bridgehead atoms. The molecule has 0 saturated heterocycles. The minimum absolute atomic E-state index is 0.146. The van der Waals surface area contributed by atoms with Gasteiger partial charge in [-0.05, 0) is 36.4 Å². The molecule has 4 aromatic rings. The molecule has 2 N–H and O–H groups in total. The summed E-state index contributed by atoms with van der Waals surface area (Å²) in [6, 6.07) is 20.5. The molecule has 2 aromatic heterocycles. The van der Waals surface area contributed by atoms with Crippen molar-refractivity contribution in [2.45, 2.75) is 0 Å². The van der Waals surface area contributed by atoms with Gasteiger partial charge < -0.3 is 9.52 Å². The number of allylic oxidation sites excluding steroid dienone is 1. The van der Waals surface area contributed by atoms with Gasteiger partial charge in [0.25, 0.3) is 5.91 Å². The van der Waals surface area contributed by atoms with Crippen molar-refractivity contribution in [3.8, 4) is 17.4 Å².